The Morgan fingerprint density at radius 1 is 1.19 bits per heavy atom. The van der Waals surface area contributed by atoms with Crippen molar-refractivity contribution in [3.05, 3.63) is 35.6 Å². The number of halogens is 1. The molecular formula is C24H31FN2O5. The topological polar surface area (TPSA) is 76.2 Å². The van der Waals surface area contributed by atoms with Crippen LogP contribution in [-0.4, -0.2) is 73.1 Å². The third kappa shape index (κ3) is 4.43. The Kier molecular flexibility index (Phi) is 6.90. The van der Waals surface area contributed by atoms with Gasteiger partial charge in [-0.1, -0.05) is 37.5 Å². The van der Waals surface area contributed by atoms with E-state index in [9.17, 15) is 18.8 Å². The second kappa shape index (κ2) is 9.67. The van der Waals surface area contributed by atoms with Gasteiger partial charge in [0.15, 0.2) is 0 Å². The van der Waals surface area contributed by atoms with Crippen LogP contribution >= 0.6 is 0 Å². The van der Waals surface area contributed by atoms with Gasteiger partial charge in [0.05, 0.1) is 31.3 Å². The average molecular weight is 447 g/mol. The molecule has 32 heavy (non-hydrogen) atoms. The van der Waals surface area contributed by atoms with Crippen molar-refractivity contribution in [1.29, 1.82) is 0 Å². The lowest BCUT2D eigenvalue weighted by Gasteiger charge is -2.34. The third-order valence-corrected chi connectivity index (χ3v) is 6.92. The molecular weight excluding hydrogens is 415 g/mol. The SMILES string of the molecule is CN(C[C@H]1COCCO1)C(=O)C[C@@]1(c2ccccc2F)CC(=O)N(C2CCCCC2)C1=O. The van der Waals surface area contributed by atoms with Gasteiger partial charge in [0, 0.05) is 38.0 Å². The number of imide groups is 1. The molecule has 0 N–H and O–H groups in total. The van der Waals surface area contributed by atoms with E-state index in [4.69, 9.17) is 9.47 Å². The van der Waals surface area contributed by atoms with Gasteiger partial charge in [0.1, 0.15) is 5.82 Å². The highest BCUT2D eigenvalue weighted by Gasteiger charge is 2.56. The molecule has 0 bridgehead atoms. The highest BCUT2D eigenvalue weighted by molar-refractivity contribution is 6.11. The second-order valence-electron chi connectivity index (χ2n) is 9.12. The van der Waals surface area contributed by atoms with Crippen LogP contribution in [0.4, 0.5) is 4.39 Å². The summed E-state index contributed by atoms with van der Waals surface area (Å²) in [4.78, 5) is 42.9. The van der Waals surface area contributed by atoms with Gasteiger partial charge in [-0.15, -0.1) is 0 Å². The molecule has 1 aromatic rings. The Bertz CT molecular complexity index is 866. The summed E-state index contributed by atoms with van der Waals surface area (Å²) in [6, 6.07) is 5.82. The van der Waals surface area contributed by atoms with Crippen LogP contribution in [-0.2, 0) is 29.3 Å². The van der Waals surface area contributed by atoms with Gasteiger partial charge in [-0.2, -0.15) is 0 Å². The molecule has 2 saturated heterocycles. The third-order valence-electron chi connectivity index (χ3n) is 6.92. The van der Waals surface area contributed by atoms with Crippen molar-refractivity contribution >= 4 is 17.7 Å². The summed E-state index contributed by atoms with van der Waals surface area (Å²) < 4.78 is 26.0. The smallest absolute Gasteiger partial charge is 0.241 e. The number of rotatable bonds is 6. The van der Waals surface area contributed by atoms with Crippen molar-refractivity contribution in [2.24, 2.45) is 0 Å². The van der Waals surface area contributed by atoms with Crippen molar-refractivity contribution in [1.82, 2.24) is 9.80 Å². The van der Waals surface area contributed by atoms with Crippen molar-refractivity contribution < 1.29 is 28.2 Å². The summed E-state index contributed by atoms with van der Waals surface area (Å²) in [6.45, 7) is 1.69. The van der Waals surface area contributed by atoms with Gasteiger partial charge in [-0.05, 0) is 18.9 Å². The molecule has 7 nitrogen and oxygen atoms in total. The summed E-state index contributed by atoms with van der Waals surface area (Å²) in [5.74, 6) is -1.66. The maximum absolute atomic E-state index is 14.9. The summed E-state index contributed by atoms with van der Waals surface area (Å²) >= 11 is 0. The van der Waals surface area contributed by atoms with Gasteiger partial charge >= 0.3 is 0 Å². The van der Waals surface area contributed by atoms with Crippen molar-refractivity contribution in [2.45, 2.75) is 62.5 Å². The second-order valence-corrected chi connectivity index (χ2v) is 9.12. The van der Waals surface area contributed by atoms with Gasteiger partial charge in [0.25, 0.3) is 0 Å². The Labute approximate surface area is 187 Å². The van der Waals surface area contributed by atoms with E-state index in [1.807, 2.05) is 0 Å². The Morgan fingerprint density at radius 2 is 1.94 bits per heavy atom. The minimum Gasteiger partial charge on any atom is -0.376 e. The Balaban J connectivity index is 1.60. The van der Waals surface area contributed by atoms with Crippen molar-refractivity contribution in [2.75, 3.05) is 33.4 Å². The predicted molar refractivity (Wildman–Crippen MR) is 114 cm³/mol. The predicted octanol–water partition coefficient (Wildman–Crippen LogP) is 2.42. The normalized spacial score (nSPS) is 27.1. The first-order chi connectivity index (χ1) is 15.4. The molecule has 0 unspecified atom stereocenters. The molecule has 1 aliphatic carbocycles. The molecule has 8 heteroatoms. The number of likely N-dealkylation sites (tertiary alicyclic amines) is 1. The monoisotopic (exact) mass is 446 g/mol. The van der Waals surface area contributed by atoms with Crippen LogP contribution in [0.3, 0.4) is 0 Å². The van der Waals surface area contributed by atoms with Gasteiger partial charge < -0.3 is 14.4 Å². The van der Waals surface area contributed by atoms with E-state index in [0.29, 0.717) is 26.4 Å². The Morgan fingerprint density at radius 3 is 2.62 bits per heavy atom. The maximum atomic E-state index is 14.9. The molecule has 1 saturated carbocycles. The number of hydrogen-bond donors (Lipinski definition) is 0. The largest absolute Gasteiger partial charge is 0.376 e. The first-order valence-corrected chi connectivity index (χ1v) is 11.5. The fourth-order valence-electron chi connectivity index (χ4n) is 5.21. The lowest BCUT2D eigenvalue weighted by atomic mass is 9.75. The molecule has 0 radical (unpaired) electrons. The zero-order chi connectivity index (χ0) is 22.7. The maximum Gasteiger partial charge on any atom is 0.241 e. The number of amides is 3. The number of benzene rings is 1. The molecule has 3 fully saturated rings. The van der Waals surface area contributed by atoms with E-state index in [2.05, 4.69) is 0 Å². The van der Waals surface area contributed by atoms with E-state index in [-0.39, 0.29) is 42.4 Å². The van der Waals surface area contributed by atoms with Crippen LogP contribution in [0.25, 0.3) is 0 Å². The quantitative estimate of drug-likeness (QED) is 0.628. The van der Waals surface area contributed by atoms with E-state index in [1.54, 1.807) is 19.2 Å². The fourth-order valence-corrected chi connectivity index (χ4v) is 5.21. The lowest BCUT2D eigenvalue weighted by molar-refractivity contribution is -0.146. The number of nitrogens with zero attached hydrogens (tertiary/aromatic N) is 2. The fraction of sp³-hybridized carbons (Fsp3) is 0.625. The minimum absolute atomic E-state index is 0.121. The van der Waals surface area contributed by atoms with Crippen LogP contribution in [0.15, 0.2) is 24.3 Å². The molecule has 174 valence electrons. The molecule has 2 atom stereocenters. The first-order valence-electron chi connectivity index (χ1n) is 11.5. The molecule has 2 heterocycles. The van der Waals surface area contributed by atoms with Gasteiger partial charge in [-0.25, -0.2) is 4.39 Å². The van der Waals surface area contributed by atoms with E-state index < -0.39 is 17.1 Å². The summed E-state index contributed by atoms with van der Waals surface area (Å²) in [7, 11) is 1.63. The summed E-state index contributed by atoms with van der Waals surface area (Å²) in [6.07, 6.45) is 3.83. The van der Waals surface area contributed by atoms with Crippen LogP contribution < -0.4 is 0 Å². The van der Waals surface area contributed by atoms with E-state index >= 15 is 0 Å². The molecule has 4 rings (SSSR count). The van der Waals surface area contributed by atoms with Gasteiger partial charge in [-0.3, -0.25) is 19.3 Å². The lowest BCUT2D eigenvalue weighted by Crippen LogP contribution is -2.48. The molecule has 3 aliphatic rings. The average Bonchev–Trinajstić information content (AvgIpc) is 3.05. The van der Waals surface area contributed by atoms with Crippen molar-refractivity contribution in [3.8, 4) is 0 Å². The van der Waals surface area contributed by atoms with Crippen LogP contribution in [0, 0.1) is 5.82 Å². The standard InChI is InChI=1S/C24H31FN2O5/c1-26(15-18-16-31-11-12-32-18)21(28)13-24(19-9-5-6-10-20(19)25)14-22(29)27(23(24)30)17-7-3-2-4-8-17/h5-6,9-10,17-18H,2-4,7-8,11-16H2,1H3/t18-,24-/m0/s1. The minimum atomic E-state index is -1.52. The molecule has 0 spiro atoms. The van der Waals surface area contributed by atoms with E-state index in [0.717, 1.165) is 32.1 Å². The van der Waals surface area contributed by atoms with Crippen LogP contribution in [0.1, 0.15) is 50.5 Å². The zero-order valence-corrected chi connectivity index (χ0v) is 18.6. The van der Waals surface area contributed by atoms with Crippen molar-refractivity contribution in [3.63, 3.8) is 0 Å². The van der Waals surface area contributed by atoms with Crippen LogP contribution in [0.2, 0.25) is 0 Å². The number of ether oxygens (including phenoxy) is 2. The first kappa shape index (κ1) is 22.9. The molecule has 3 amide bonds. The van der Waals surface area contributed by atoms with Crippen LogP contribution in [0.5, 0.6) is 0 Å². The van der Waals surface area contributed by atoms with E-state index in [1.165, 1.54) is 21.9 Å². The molecule has 2 aliphatic heterocycles. The number of carbonyl (C=O) groups excluding carboxylic acids is 3. The molecule has 1 aromatic carbocycles. The van der Waals surface area contributed by atoms with Gasteiger partial charge in [0.2, 0.25) is 17.7 Å². The Hall–Kier alpha value is -2.32. The number of hydrogen-bond acceptors (Lipinski definition) is 5. The zero-order valence-electron chi connectivity index (χ0n) is 18.6. The number of carbonyl (C=O) groups is 3. The highest BCUT2D eigenvalue weighted by atomic mass is 19.1. The highest BCUT2D eigenvalue weighted by Crippen LogP contribution is 2.43. The summed E-state index contributed by atoms with van der Waals surface area (Å²) in [5.41, 5.74) is -1.40. The summed E-state index contributed by atoms with van der Waals surface area (Å²) in [5, 5.41) is 0. The molecule has 0 aromatic heterocycles. The number of likely N-dealkylation sites (N-methyl/N-ethyl adjacent to an activating group) is 1.